The summed E-state index contributed by atoms with van der Waals surface area (Å²) >= 11 is 0. The molecule has 0 saturated heterocycles. The van der Waals surface area contributed by atoms with Crippen LogP contribution in [0.3, 0.4) is 0 Å². The Kier molecular flexibility index (Phi) is 6.39. The number of amides is 2. The van der Waals surface area contributed by atoms with Crippen molar-refractivity contribution in [2.45, 2.75) is 26.8 Å². The normalized spacial score (nSPS) is 10.8. The number of aromatic nitrogens is 4. The molecule has 4 aromatic rings. The molecule has 2 aromatic heterocycles. The summed E-state index contributed by atoms with van der Waals surface area (Å²) in [6, 6.07) is 13.9. The van der Waals surface area contributed by atoms with Gasteiger partial charge in [0.15, 0.2) is 11.4 Å². The Hall–Kier alpha value is -4.47. The molecule has 0 radical (unpaired) electrons. The third kappa shape index (κ3) is 4.38. The van der Waals surface area contributed by atoms with Crippen molar-refractivity contribution >= 4 is 22.6 Å². The zero-order valence-electron chi connectivity index (χ0n) is 19.0. The average Bonchev–Trinajstić information content (AvgIpc) is 3.34. The Labute approximate surface area is 195 Å². The molecule has 0 saturated carbocycles. The Morgan fingerprint density at radius 1 is 1.00 bits per heavy atom. The molecule has 0 unspecified atom stereocenters. The fourth-order valence-corrected chi connectivity index (χ4v) is 3.56. The number of carbonyl (C=O) groups excluding carboxylic acids is 2. The van der Waals surface area contributed by atoms with Crippen LogP contribution in [-0.4, -0.2) is 38.5 Å². The van der Waals surface area contributed by atoms with Gasteiger partial charge in [-0.2, -0.15) is 10.2 Å². The van der Waals surface area contributed by atoms with Gasteiger partial charge >= 0.3 is 0 Å². The third-order valence-corrected chi connectivity index (χ3v) is 5.21. The van der Waals surface area contributed by atoms with Crippen molar-refractivity contribution in [2.24, 2.45) is 0 Å². The first-order valence-corrected chi connectivity index (χ1v) is 10.7. The second kappa shape index (κ2) is 9.57. The molecule has 2 N–H and O–H groups in total. The van der Waals surface area contributed by atoms with Crippen molar-refractivity contribution in [2.75, 3.05) is 7.11 Å². The van der Waals surface area contributed by atoms with Gasteiger partial charge in [0.05, 0.1) is 12.5 Å². The lowest BCUT2D eigenvalue weighted by atomic mass is 10.1. The van der Waals surface area contributed by atoms with Crippen LogP contribution in [0.15, 0.2) is 59.5 Å². The van der Waals surface area contributed by atoms with Gasteiger partial charge in [-0.3, -0.25) is 25.2 Å². The second-order valence-corrected chi connectivity index (χ2v) is 7.65. The minimum Gasteiger partial charge on any atom is -0.494 e. The van der Waals surface area contributed by atoms with E-state index in [-0.39, 0.29) is 16.9 Å². The molecule has 0 atom stereocenters. The summed E-state index contributed by atoms with van der Waals surface area (Å²) in [5.41, 5.74) is 6.28. The highest BCUT2D eigenvalue weighted by Crippen LogP contribution is 2.23. The number of carbonyl (C=O) groups is 2. The molecule has 10 nitrogen and oxygen atoms in total. The highest BCUT2D eigenvalue weighted by molar-refractivity contribution is 6.05. The van der Waals surface area contributed by atoms with Crippen LogP contribution in [0.1, 0.15) is 39.9 Å². The van der Waals surface area contributed by atoms with Crippen LogP contribution >= 0.6 is 0 Å². The first-order chi connectivity index (χ1) is 16.4. The molecular weight excluding hydrogens is 436 g/mol. The fourth-order valence-electron chi connectivity index (χ4n) is 3.56. The minimum absolute atomic E-state index is 0.0407. The highest BCUT2D eigenvalue weighted by atomic mass is 16.5. The van der Waals surface area contributed by atoms with E-state index in [1.807, 2.05) is 32.0 Å². The van der Waals surface area contributed by atoms with Crippen LogP contribution in [0.25, 0.3) is 16.5 Å². The molecular formula is C24H24N6O4. The largest absolute Gasteiger partial charge is 0.494 e. The number of nitrogens with zero attached hydrogens (tertiary/aromatic N) is 4. The number of hydrazine groups is 1. The van der Waals surface area contributed by atoms with Gasteiger partial charge in [-0.1, -0.05) is 31.2 Å². The minimum atomic E-state index is -0.644. The fraction of sp³-hybridized carbons (Fsp3) is 0.208. The number of rotatable bonds is 6. The van der Waals surface area contributed by atoms with Gasteiger partial charge in [-0.05, 0) is 43.2 Å². The van der Waals surface area contributed by atoms with E-state index in [1.54, 1.807) is 37.6 Å². The molecule has 34 heavy (non-hydrogen) atoms. The molecule has 2 amide bonds. The summed E-state index contributed by atoms with van der Waals surface area (Å²) < 4.78 is 8.16. The van der Waals surface area contributed by atoms with Crippen LogP contribution < -0.4 is 21.1 Å². The smallest absolute Gasteiger partial charge is 0.290 e. The lowest BCUT2D eigenvalue weighted by Crippen LogP contribution is -2.43. The number of hydrogen-bond donors (Lipinski definition) is 2. The van der Waals surface area contributed by atoms with Crippen LogP contribution in [0.5, 0.6) is 5.75 Å². The van der Waals surface area contributed by atoms with Crippen LogP contribution in [-0.2, 0) is 6.54 Å². The second-order valence-electron chi connectivity index (χ2n) is 7.65. The van der Waals surface area contributed by atoms with E-state index in [9.17, 15) is 14.4 Å². The summed E-state index contributed by atoms with van der Waals surface area (Å²) in [6.07, 6.45) is 2.31. The van der Waals surface area contributed by atoms with E-state index < -0.39 is 11.8 Å². The van der Waals surface area contributed by atoms with Crippen molar-refractivity contribution < 1.29 is 14.3 Å². The molecule has 0 aliphatic heterocycles. The topological polar surface area (TPSA) is 120 Å². The average molecular weight is 460 g/mol. The molecule has 174 valence electrons. The number of fused-ring (bicyclic) bond motifs is 1. The van der Waals surface area contributed by atoms with Gasteiger partial charge in [0.1, 0.15) is 11.4 Å². The lowest BCUT2D eigenvalue weighted by molar-refractivity contribution is 0.0840. The summed E-state index contributed by atoms with van der Waals surface area (Å²) in [7, 11) is 1.56. The first-order valence-electron chi connectivity index (χ1n) is 10.7. The molecule has 2 heterocycles. The zero-order valence-corrected chi connectivity index (χ0v) is 19.0. The number of benzene rings is 2. The van der Waals surface area contributed by atoms with E-state index >= 15 is 0 Å². The summed E-state index contributed by atoms with van der Waals surface area (Å²) in [5.74, 6) is -0.645. The first kappa shape index (κ1) is 22.7. The molecule has 0 aliphatic rings. The number of nitrogens with one attached hydrogen (secondary N) is 2. The van der Waals surface area contributed by atoms with E-state index in [0.717, 1.165) is 5.56 Å². The van der Waals surface area contributed by atoms with Gasteiger partial charge in [0.2, 0.25) is 0 Å². The Morgan fingerprint density at radius 2 is 1.74 bits per heavy atom. The van der Waals surface area contributed by atoms with E-state index in [2.05, 4.69) is 21.0 Å². The van der Waals surface area contributed by atoms with Crippen molar-refractivity contribution in [1.29, 1.82) is 0 Å². The maximum atomic E-state index is 12.9. The molecule has 0 bridgehead atoms. The number of hydrogen-bond acceptors (Lipinski definition) is 6. The van der Waals surface area contributed by atoms with Crippen LogP contribution in [0.2, 0.25) is 0 Å². The van der Waals surface area contributed by atoms with Gasteiger partial charge < -0.3 is 4.74 Å². The standard InChI is InChI=1S/C24H24N6O4/c1-4-12-30-24(33)17-8-6-5-7-16(17)21(28-30)23(32)26-25-22(31)18-11-13-29(27-18)19-14-15(2)9-10-20(19)34-3/h5-11,13-14H,4,12H2,1-3H3,(H,25,31)(H,26,32). The number of methoxy groups -OCH3 is 1. The predicted molar refractivity (Wildman–Crippen MR) is 126 cm³/mol. The lowest BCUT2D eigenvalue weighted by Gasteiger charge is -2.11. The summed E-state index contributed by atoms with van der Waals surface area (Å²) in [4.78, 5) is 38.1. The zero-order chi connectivity index (χ0) is 24.2. The predicted octanol–water partition coefficient (Wildman–Crippen LogP) is 2.38. The SMILES string of the molecule is CCCn1nc(C(=O)NNC(=O)c2ccn(-c3cc(C)ccc3OC)n2)c2ccccc2c1=O. The van der Waals surface area contributed by atoms with Crippen LogP contribution in [0, 0.1) is 6.92 Å². The maximum Gasteiger partial charge on any atom is 0.290 e. The molecule has 4 rings (SSSR count). The van der Waals surface area contributed by atoms with E-state index in [0.29, 0.717) is 35.2 Å². The maximum absolute atomic E-state index is 12.9. The quantitative estimate of drug-likeness (QED) is 0.426. The summed E-state index contributed by atoms with van der Waals surface area (Å²) in [5, 5.41) is 9.30. The highest BCUT2D eigenvalue weighted by Gasteiger charge is 2.18. The number of ether oxygens (including phenoxy) is 1. The van der Waals surface area contributed by atoms with Crippen LogP contribution in [0.4, 0.5) is 0 Å². The van der Waals surface area contributed by atoms with Gasteiger partial charge in [-0.15, -0.1) is 0 Å². The third-order valence-electron chi connectivity index (χ3n) is 5.21. The van der Waals surface area contributed by atoms with Crippen molar-refractivity contribution in [3.05, 3.63) is 82.0 Å². The molecule has 0 aliphatic carbocycles. The summed E-state index contributed by atoms with van der Waals surface area (Å²) in [6.45, 7) is 4.22. The Bertz CT molecular complexity index is 1440. The van der Waals surface area contributed by atoms with Crippen molar-refractivity contribution in [3.63, 3.8) is 0 Å². The molecule has 10 heteroatoms. The van der Waals surface area contributed by atoms with Crippen molar-refractivity contribution in [3.8, 4) is 11.4 Å². The molecule has 0 spiro atoms. The van der Waals surface area contributed by atoms with E-state index in [4.69, 9.17) is 4.74 Å². The van der Waals surface area contributed by atoms with Gasteiger partial charge in [0.25, 0.3) is 17.4 Å². The number of aryl methyl sites for hydroxylation is 2. The Balaban J connectivity index is 1.54. The molecule has 0 fully saturated rings. The Morgan fingerprint density at radius 3 is 2.47 bits per heavy atom. The van der Waals surface area contributed by atoms with E-state index in [1.165, 1.54) is 15.4 Å². The van der Waals surface area contributed by atoms with Crippen molar-refractivity contribution in [1.82, 2.24) is 30.4 Å². The monoisotopic (exact) mass is 460 g/mol. The van der Waals surface area contributed by atoms with Gasteiger partial charge in [-0.25, -0.2) is 9.36 Å². The molecule has 2 aromatic carbocycles. The van der Waals surface area contributed by atoms with Gasteiger partial charge in [0, 0.05) is 18.1 Å².